The molecule has 1 heterocycles. The standard InChI is InChI=1S/C16H14FNO/c17-14-8-6-13(7-9-14)16-18-11-15(19-16)10-12-4-2-1-3-5-12/h1-9,15H,10-11H2/t15-/m0/s1. The highest BCUT2D eigenvalue weighted by molar-refractivity contribution is 5.95. The maximum atomic E-state index is 12.9. The van der Waals surface area contributed by atoms with Crippen molar-refractivity contribution < 1.29 is 9.13 Å². The molecule has 3 heteroatoms. The van der Waals surface area contributed by atoms with Gasteiger partial charge in [0.2, 0.25) is 5.90 Å². The minimum absolute atomic E-state index is 0.0717. The van der Waals surface area contributed by atoms with E-state index >= 15 is 0 Å². The molecule has 0 bridgehead atoms. The number of benzene rings is 2. The largest absolute Gasteiger partial charge is 0.472 e. The Balaban J connectivity index is 1.65. The number of rotatable bonds is 3. The normalized spacial score (nSPS) is 17.9. The summed E-state index contributed by atoms with van der Waals surface area (Å²) in [6, 6.07) is 16.4. The van der Waals surface area contributed by atoms with Crippen molar-refractivity contribution in [3.8, 4) is 0 Å². The zero-order valence-corrected chi connectivity index (χ0v) is 10.4. The lowest BCUT2D eigenvalue weighted by molar-refractivity contribution is 0.225. The van der Waals surface area contributed by atoms with E-state index in [-0.39, 0.29) is 11.9 Å². The molecule has 0 spiro atoms. The molecular formula is C16H14FNO. The Morgan fingerprint density at radius 3 is 2.53 bits per heavy atom. The van der Waals surface area contributed by atoms with Gasteiger partial charge in [0.25, 0.3) is 0 Å². The first kappa shape index (κ1) is 11.9. The predicted octanol–water partition coefficient (Wildman–Crippen LogP) is 3.21. The van der Waals surface area contributed by atoms with E-state index in [1.165, 1.54) is 17.7 Å². The van der Waals surface area contributed by atoms with E-state index in [0.717, 1.165) is 12.0 Å². The summed E-state index contributed by atoms with van der Waals surface area (Å²) in [5.41, 5.74) is 2.07. The Hall–Kier alpha value is -2.16. The van der Waals surface area contributed by atoms with Crippen LogP contribution < -0.4 is 0 Å². The van der Waals surface area contributed by atoms with E-state index in [1.54, 1.807) is 12.1 Å². The van der Waals surface area contributed by atoms with Crippen molar-refractivity contribution in [2.45, 2.75) is 12.5 Å². The summed E-state index contributed by atoms with van der Waals surface area (Å²) in [7, 11) is 0. The maximum Gasteiger partial charge on any atom is 0.216 e. The Kier molecular flexibility index (Phi) is 3.27. The molecule has 19 heavy (non-hydrogen) atoms. The highest BCUT2D eigenvalue weighted by Crippen LogP contribution is 2.16. The number of nitrogens with zero attached hydrogens (tertiary/aromatic N) is 1. The lowest BCUT2D eigenvalue weighted by Crippen LogP contribution is -2.16. The van der Waals surface area contributed by atoms with E-state index in [9.17, 15) is 4.39 Å². The highest BCUT2D eigenvalue weighted by atomic mass is 19.1. The van der Waals surface area contributed by atoms with Crippen LogP contribution in [0.25, 0.3) is 0 Å². The fourth-order valence-corrected chi connectivity index (χ4v) is 2.15. The predicted molar refractivity (Wildman–Crippen MR) is 72.8 cm³/mol. The van der Waals surface area contributed by atoms with Gasteiger partial charge in [-0.3, -0.25) is 0 Å². The van der Waals surface area contributed by atoms with Gasteiger partial charge in [0.1, 0.15) is 11.9 Å². The molecule has 0 aliphatic carbocycles. The first-order chi connectivity index (χ1) is 9.31. The molecule has 0 fully saturated rings. The van der Waals surface area contributed by atoms with Crippen LogP contribution in [0.4, 0.5) is 4.39 Å². The Morgan fingerprint density at radius 1 is 1.05 bits per heavy atom. The average Bonchev–Trinajstić information content (AvgIpc) is 2.89. The molecule has 0 saturated heterocycles. The lowest BCUT2D eigenvalue weighted by Gasteiger charge is -2.11. The van der Waals surface area contributed by atoms with E-state index in [4.69, 9.17) is 4.74 Å². The highest BCUT2D eigenvalue weighted by Gasteiger charge is 2.21. The Bertz CT molecular complexity index is 577. The van der Waals surface area contributed by atoms with Gasteiger partial charge in [-0.05, 0) is 29.8 Å². The van der Waals surface area contributed by atoms with Gasteiger partial charge in [-0.15, -0.1) is 0 Å². The molecular weight excluding hydrogens is 241 g/mol. The molecule has 0 amide bonds. The monoisotopic (exact) mass is 255 g/mol. The van der Waals surface area contributed by atoms with Crippen molar-refractivity contribution in [1.29, 1.82) is 0 Å². The molecule has 0 radical (unpaired) electrons. The fraction of sp³-hybridized carbons (Fsp3) is 0.188. The SMILES string of the molecule is Fc1ccc(C2=NC[C@H](Cc3ccccc3)O2)cc1. The van der Waals surface area contributed by atoms with Crippen LogP contribution >= 0.6 is 0 Å². The van der Waals surface area contributed by atoms with Gasteiger partial charge in [0.05, 0.1) is 6.54 Å². The summed E-state index contributed by atoms with van der Waals surface area (Å²) in [5.74, 6) is 0.365. The Morgan fingerprint density at radius 2 is 1.79 bits per heavy atom. The number of hydrogen-bond acceptors (Lipinski definition) is 2. The number of ether oxygens (including phenoxy) is 1. The van der Waals surface area contributed by atoms with Crippen LogP contribution in [0.3, 0.4) is 0 Å². The van der Waals surface area contributed by atoms with Crippen LogP contribution in [0.2, 0.25) is 0 Å². The van der Waals surface area contributed by atoms with E-state index in [2.05, 4.69) is 17.1 Å². The number of hydrogen-bond donors (Lipinski definition) is 0. The van der Waals surface area contributed by atoms with E-state index in [1.807, 2.05) is 18.2 Å². The zero-order valence-electron chi connectivity index (χ0n) is 10.4. The van der Waals surface area contributed by atoms with Gasteiger partial charge in [-0.1, -0.05) is 30.3 Å². The second-order valence-corrected chi connectivity index (χ2v) is 4.58. The van der Waals surface area contributed by atoms with Gasteiger partial charge < -0.3 is 4.74 Å². The van der Waals surface area contributed by atoms with E-state index in [0.29, 0.717) is 12.4 Å². The summed E-state index contributed by atoms with van der Waals surface area (Å²) in [6.45, 7) is 0.654. The van der Waals surface area contributed by atoms with Crippen LogP contribution in [-0.2, 0) is 11.2 Å². The molecule has 0 saturated carbocycles. The molecule has 0 aromatic heterocycles. The molecule has 1 atom stereocenters. The smallest absolute Gasteiger partial charge is 0.216 e. The molecule has 0 N–H and O–H groups in total. The average molecular weight is 255 g/mol. The first-order valence-corrected chi connectivity index (χ1v) is 6.32. The van der Waals surface area contributed by atoms with Gasteiger partial charge in [-0.2, -0.15) is 0 Å². The molecule has 3 rings (SSSR count). The molecule has 1 aliphatic rings. The van der Waals surface area contributed by atoms with Crippen LogP contribution in [-0.4, -0.2) is 18.5 Å². The van der Waals surface area contributed by atoms with Crippen LogP contribution in [0.1, 0.15) is 11.1 Å². The van der Waals surface area contributed by atoms with Crippen molar-refractivity contribution in [3.63, 3.8) is 0 Å². The minimum Gasteiger partial charge on any atom is -0.472 e. The van der Waals surface area contributed by atoms with Crippen molar-refractivity contribution in [1.82, 2.24) is 0 Å². The third-order valence-corrected chi connectivity index (χ3v) is 3.11. The zero-order chi connectivity index (χ0) is 13.1. The third-order valence-electron chi connectivity index (χ3n) is 3.11. The summed E-state index contributed by atoms with van der Waals surface area (Å²) < 4.78 is 18.7. The van der Waals surface area contributed by atoms with Crippen molar-refractivity contribution in [2.75, 3.05) is 6.54 Å². The van der Waals surface area contributed by atoms with Crippen LogP contribution in [0, 0.1) is 5.82 Å². The molecule has 1 aliphatic heterocycles. The van der Waals surface area contributed by atoms with Gasteiger partial charge in [0, 0.05) is 12.0 Å². The molecule has 96 valence electrons. The summed E-state index contributed by atoms with van der Waals surface area (Å²) >= 11 is 0. The number of halogens is 1. The van der Waals surface area contributed by atoms with Crippen molar-refractivity contribution >= 4 is 5.90 Å². The third kappa shape index (κ3) is 2.81. The van der Waals surface area contributed by atoms with Crippen molar-refractivity contribution in [3.05, 3.63) is 71.5 Å². The fourth-order valence-electron chi connectivity index (χ4n) is 2.15. The second-order valence-electron chi connectivity index (χ2n) is 4.58. The van der Waals surface area contributed by atoms with Gasteiger partial charge in [0.15, 0.2) is 0 Å². The minimum atomic E-state index is -0.247. The summed E-state index contributed by atoms with van der Waals surface area (Å²) in [5, 5.41) is 0. The maximum absolute atomic E-state index is 12.9. The van der Waals surface area contributed by atoms with Gasteiger partial charge >= 0.3 is 0 Å². The molecule has 2 aromatic rings. The molecule has 2 aromatic carbocycles. The lowest BCUT2D eigenvalue weighted by atomic mass is 10.1. The first-order valence-electron chi connectivity index (χ1n) is 6.32. The second kappa shape index (κ2) is 5.22. The topological polar surface area (TPSA) is 21.6 Å². The van der Waals surface area contributed by atoms with Crippen molar-refractivity contribution in [2.24, 2.45) is 4.99 Å². The Labute approximate surface area is 111 Å². The van der Waals surface area contributed by atoms with Crippen LogP contribution in [0.5, 0.6) is 0 Å². The molecule has 2 nitrogen and oxygen atoms in total. The number of aliphatic imine (C=N–C) groups is 1. The van der Waals surface area contributed by atoms with Gasteiger partial charge in [-0.25, -0.2) is 9.38 Å². The van der Waals surface area contributed by atoms with Crippen LogP contribution in [0.15, 0.2) is 59.6 Å². The quantitative estimate of drug-likeness (QED) is 0.825. The van der Waals surface area contributed by atoms with E-state index < -0.39 is 0 Å². The molecule has 0 unspecified atom stereocenters. The summed E-state index contributed by atoms with van der Waals surface area (Å²) in [4.78, 5) is 4.39. The summed E-state index contributed by atoms with van der Waals surface area (Å²) in [6.07, 6.45) is 0.914.